The predicted molar refractivity (Wildman–Crippen MR) is 69.6 cm³/mol. The van der Waals surface area contributed by atoms with Crippen LogP contribution in [-0.2, 0) is 0 Å². The summed E-state index contributed by atoms with van der Waals surface area (Å²) in [6.45, 7) is 3.78. The second-order valence-electron chi connectivity index (χ2n) is 4.35. The summed E-state index contributed by atoms with van der Waals surface area (Å²) >= 11 is 0. The Morgan fingerprint density at radius 3 is 2.50 bits per heavy atom. The van der Waals surface area contributed by atoms with E-state index in [1.807, 2.05) is 38.1 Å². The lowest BCUT2D eigenvalue weighted by Gasteiger charge is -2.18. The highest BCUT2D eigenvalue weighted by Crippen LogP contribution is 2.24. The number of para-hydroxylation sites is 1. The lowest BCUT2D eigenvalue weighted by Crippen LogP contribution is -2.09. The SMILES string of the molecule is Cc1ccccc1NC(C)c1cc(F)ccc1F. The molecule has 0 aliphatic heterocycles. The van der Waals surface area contributed by atoms with Crippen molar-refractivity contribution in [1.29, 1.82) is 0 Å². The van der Waals surface area contributed by atoms with Gasteiger partial charge in [0.15, 0.2) is 0 Å². The van der Waals surface area contributed by atoms with Crippen molar-refractivity contribution in [3.8, 4) is 0 Å². The summed E-state index contributed by atoms with van der Waals surface area (Å²) in [5, 5.41) is 3.19. The van der Waals surface area contributed by atoms with E-state index < -0.39 is 11.6 Å². The second kappa shape index (κ2) is 5.17. The Hall–Kier alpha value is -1.90. The summed E-state index contributed by atoms with van der Waals surface area (Å²) in [5.41, 5.74) is 2.33. The first kappa shape index (κ1) is 12.6. The van der Waals surface area contributed by atoms with E-state index in [4.69, 9.17) is 0 Å². The standard InChI is InChI=1S/C15H15F2N/c1-10-5-3-4-6-15(10)18-11(2)13-9-12(16)7-8-14(13)17/h3-9,11,18H,1-2H3. The van der Waals surface area contributed by atoms with Crippen molar-refractivity contribution >= 4 is 5.69 Å². The Morgan fingerprint density at radius 2 is 1.78 bits per heavy atom. The number of hydrogen-bond donors (Lipinski definition) is 1. The molecule has 1 atom stereocenters. The third-order valence-corrected chi connectivity index (χ3v) is 2.94. The van der Waals surface area contributed by atoms with Crippen molar-refractivity contribution in [2.75, 3.05) is 5.32 Å². The van der Waals surface area contributed by atoms with Gasteiger partial charge in [0.1, 0.15) is 11.6 Å². The zero-order valence-electron chi connectivity index (χ0n) is 10.4. The monoisotopic (exact) mass is 247 g/mol. The second-order valence-corrected chi connectivity index (χ2v) is 4.35. The van der Waals surface area contributed by atoms with Gasteiger partial charge in [-0.15, -0.1) is 0 Å². The van der Waals surface area contributed by atoms with Crippen molar-refractivity contribution in [3.05, 3.63) is 65.2 Å². The maximum absolute atomic E-state index is 13.6. The molecule has 18 heavy (non-hydrogen) atoms. The van der Waals surface area contributed by atoms with Crippen LogP contribution < -0.4 is 5.32 Å². The number of nitrogens with one attached hydrogen (secondary N) is 1. The number of aryl methyl sites for hydroxylation is 1. The number of halogens is 2. The first-order chi connectivity index (χ1) is 8.58. The van der Waals surface area contributed by atoms with Crippen LogP contribution in [0.2, 0.25) is 0 Å². The molecule has 0 amide bonds. The molecule has 0 saturated heterocycles. The van der Waals surface area contributed by atoms with Gasteiger partial charge >= 0.3 is 0 Å². The summed E-state index contributed by atoms with van der Waals surface area (Å²) in [7, 11) is 0. The summed E-state index contributed by atoms with van der Waals surface area (Å²) in [5.74, 6) is -0.824. The van der Waals surface area contributed by atoms with Crippen molar-refractivity contribution in [2.24, 2.45) is 0 Å². The molecule has 0 heterocycles. The Balaban J connectivity index is 2.25. The van der Waals surface area contributed by atoms with Crippen molar-refractivity contribution in [2.45, 2.75) is 19.9 Å². The molecule has 1 nitrogen and oxygen atoms in total. The normalized spacial score (nSPS) is 12.2. The van der Waals surface area contributed by atoms with Crippen LogP contribution in [0, 0.1) is 18.6 Å². The van der Waals surface area contributed by atoms with Crippen LogP contribution in [0.3, 0.4) is 0 Å². The molecule has 0 aliphatic rings. The van der Waals surface area contributed by atoms with Gasteiger partial charge in [0.05, 0.1) is 6.04 Å². The fourth-order valence-corrected chi connectivity index (χ4v) is 1.89. The minimum absolute atomic E-state index is 0.290. The molecule has 2 rings (SSSR count). The minimum atomic E-state index is -0.426. The molecule has 0 fully saturated rings. The van der Waals surface area contributed by atoms with E-state index in [0.29, 0.717) is 5.56 Å². The van der Waals surface area contributed by atoms with Crippen LogP contribution in [0.5, 0.6) is 0 Å². The highest BCUT2D eigenvalue weighted by Gasteiger charge is 2.12. The zero-order valence-corrected chi connectivity index (χ0v) is 10.4. The third-order valence-electron chi connectivity index (χ3n) is 2.94. The predicted octanol–water partition coefficient (Wildman–Crippen LogP) is 4.45. The Labute approximate surface area is 105 Å². The molecule has 1 unspecified atom stereocenters. The van der Waals surface area contributed by atoms with Crippen molar-refractivity contribution < 1.29 is 8.78 Å². The van der Waals surface area contributed by atoms with Crippen LogP contribution in [-0.4, -0.2) is 0 Å². The van der Waals surface area contributed by atoms with Gasteiger partial charge < -0.3 is 5.32 Å². The smallest absolute Gasteiger partial charge is 0.128 e. The van der Waals surface area contributed by atoms with Crippen LogP contribution in [0.15, 0.2) is 42.5 Å². The van der Waals surface area contributed by atoms with Crippen LogP contribution in [0.1, 0.15) is 24.1 Å². The molecule has 1 N–H and O–H groups in total. The van der Waals surface area contributed by atoms with Gasteiger partial charge in [0, 0.05) is 11.3 Å². The van der Waals surface area contributed by atoms with E-state index in [1.54, 1.807) is 0 Å². The van der Waals surface area contributed by atoms with Gasteiger partial charge in [0.25, 0.3) is 0 Å². The molecule has 3 heteroatoms. The molecule has 0 aliphatic carbocycles. The van der Waals surface area contributed by atoms with Crippen LogP contribution in [0.25, 0.3) is 0 Å². The van der Waals surface area contributed by atoms with Crippen molar-refractivity contribution in [3.63, 3.8) is 0 Å². The summed E-state index contributed by atoms with van der Waals surface area (Å²) in [4.78, 5) is 0. The van der Waals surface area contributed by atoms with E-state index >= 15 is 0 Å². The summed E-state index contributed by atoms with van der Waals surface area (Å²) < 4.78 is 26.7. The molecule has 0 aromatic heterocycles. The molecule has 0 radical (unpaired) electrons. The molecule has 0 spiro atoms. The number of hydrogen-bond acceptors (Lipinski definition) is 1. The minimum Gasteiger partial charge on any atom is -0.378 e. The van der Waals surface area contributed by atoms with E-state index in [1.165, 1.54) is 6.07 Å². The van der Waals surface area contributed by atoms with Gasteiger partial charge in [-0.25, -0.2) is 8.78 Å². The molecule has 2 aromatic rings. The molecular weight excluding hydrogens is 232 g/mol. The van der Waals surface area contributed by atoms with Crippen LogP contribution >= 0.6 is 0 Å². The lowest BCUT2D eigenvalue weighted by atomic mass is 10.1. The Kier molecular flexibility index (Phi) is 3.60. The lowest BCUT2D eigenvalue weighted by molar-refractivity contribution is 0.577. The van der Waals surface area contributed by atoms with Gasteiger partial charge in [-0.05, 0) is 43.7 Å². The van der Waals surface area contributed by atoms with Crippen LogP contribution in [0.4, 0.5) is 14.5 Å². The van der Waals surface area contributed by atoms with Gasteiger partial charge in [-0.1, -0.05) is 18.2 Å². The van der Waals surface area contributed by atoms with Gasteiger partial charge in [0.2, 0.25) is 0 Å². The maximum atomic E-state index is 13.6. The van der Waals surface area contributed by atoms with E-state index in [2.05, 4.69) is 5.32 Å². The molecule has 2 aromatic carbocycles. The third kappa shape index (κ3) is 2.67. The Morgan fingerprint density at radius 1 is 1.06 bits per heavy atom. The fraction of sp³-hybridized carbons (Fsp3) is 0.200. The number of rotatable bonds is 3. The number of benzene rings is 2. The average molecular weight is 247 g/mol. The number of anilines is 1. The highest BCUT2D eigenvalue weighted by molar-refractivity contribution is 5.51. The van der Waals surface area contributed by atoms with E-state index in [-0.39, 0.29) is 6.04 Å². The largest absolute Gasteiger partial charge is 0.378 e. The quantitative estimate of drug-likeness (QED) is 0.845. The molecule has 94 valence electrons. The highest BCUT2D eigenvalue weighted by atomic mass is 19.1. The molecular formula is C15H15F2N. The first-order valence-corrected chi connectivity index (χ1v) is 5.85. The molecule has 0 bridgehead atoms. The summed E-state index contributed by atoms with van der Waals surface area (Å²) in [6, 6.07) is 10.9. The Bertz CT molecular complexity index is 552. The molecule has 0 saturated carbocycles. The van der Waals surface area contributed by atoms with Crippen molar-refractivity contribution in [1.82, 2.24) is 0 Å². The van der Waals surface area contributed by atoms with E-state index in [0.717, 1.165) is 23.4 Å². The maximum Gasteiger partial charge on any atom is 0.128 e. The zero-order chi connectivity index (χ0) is 13.1. The summed E-state index contributed by atoms with van der Waals surface area (Å²) in [6.07, 6.45) is 0. The van der Waals surface area contributed by atoms with Gasteiger partial charge in [-0.2, -0.15) is 0 Å². The van der Waals surface area contributed by atoms with E-state index in [9.17, 15) is 8.78 Å². The first-order valence-electron chi connectivity index (χ1n) is 5.85. The average Bonchev–Trinajstić information content (AvgIpc) is 2.35. The fourth-order valence-electron chi connectivity index (χ4n) is 1.89. The topological polar surface area (TPSA) is 12.0 Å². The van der Waals surface area contributed by atoms with Gasteiger partial charge in [-0.3, -0.25) is 0 Å².